The van der Waals surface area contributed by atoms with E-state index in [2.05, 4.69) is 5.32 Å². The number of aryl methyl sites for hydroxylation is 1. The fraction of sp³-hybridized carbons (Fsp3) is 0.625. The van der Waals surface area contributed by atoms with Crippen molar-refractivity contribution in [1.82, 2.24) is 5.32 Å². The van der Waals surface area contributed by atoms with Crippen molar-refractivity contribution in [3.05, 3.63) is 29.8 Å². The van der Waals surface area contributed by atoms with Crippen molar-refractivity contribution >= 4 is 0 Å². The third kappa shape index (κ3) is 3.51. The van der Waals surface area contributed by atoms with E-state index in [9.17, 15) is 10.2 Å². The molecule has 3 unspecified atom stereocenters. The zero-order chi connectivity index (χ0) is 14.8. The van der Waals surface area contributed by atoms with Gasteiger partial charge in [0.2, 0.25) is 0 Å². The minimum atomic E-state index is -0.552. The zero-order valence-corrected chi connectivity index (χ0v) is 12.5. The molecule has 1 aliphatic carbocycles. The maximum absolute atomic E-state index is 9.93. The highest BCUT2D eigenvalue weighted by Crippen LogP contribution is 2.40. The lowest BCUT2D eigenvalue weighted by molar-refractivity contribution is -0.0755. The Hall–Kier alpha value is -1.10. The first-order valence-corrected chi connectivity index (χ1v) is 7.18. The van der Waals surface area contributed by atoms with E-state index < -0.39 is 6.10 Å². The summed E-state index contributed by atoms with van der Waals surface area (Å²) < 4.78 is 5.57. The Morgan fingerprint density at radius 3 is 2.80 bits per heavy atom. The van der Waals surface area contributed by atoms with E-state index in [0.717, 1.165) is 17.7 Å². The van der Waals surface area contributed by atoms with Crippen LogP contribution >= 0.6 is 0 Å². The van der Waals surface area contributed by atoms with Gasteiger partial charge in [-0.25, -0.2) is 0 Å². The number of benzene rings is 1. The van der Waals surface area contributed by atoms with Gasteiger partial charge in [0, 0.05) is 18.0 Å². The monoisotopic (exact) mass is 279 g/mol. The number of rotatable bonds is 6. The fourth-order valence-corrected chi connectivity index (χ4v) is 2.48. The van der Waals surface area contributed by atoms with Crippen LogP contribution in [0.1, 0.15) is 25.8 Å². The average molecular weight is 279 g/mol. The zero-order valence-electron chi connectivity index (χ0n) is 12.5. The number of aliphatic hydroxyl groups is 2. The number of hydrogen-bond donors (Lipinski definition) is 3. The van der Waals surface area contributed by atoms with Gasteiger partial charge in [-0.05, 0) is 31.0 Å². The summed E-state index contributed by atoms with van der Waals surface area (Å²) in [6.07, 6.45) is -0.0527. The number of aliphatic hydroxyl groups excluding tert-OH is 2. The van der Waals surface area contributed by atoms with Gasteiger partial charge in [0.05, 0.1) is 6.10 Å². The maximum atomic E-state index is 9.93. The van der Waals surface area contributed by atoms with Crippen LogP contribution < -0.4 is 10.1 Å². The van der Waals surface area contributed by atoms with Crippen LogP contribution in [0.2, 0.25) is 0 Å². The van der Waals surface area contributed by atoms with Crippen molar-refractivity contribution in [3.8, 4) is 5.75 Å². The maximum Gasteiger partial charge on any atom is 0.119 e. The number of ether oxygens (including phenoxy) is 1. The van der Waals surface area contributed by atoms with E-state index >= 15 is 0 Å². The standard InChI is InChI=1S/C16H25NO3/c1-11-5-4-6-13(7-11)20-10-12(18)9-17-14-8-15(19)16(14,2)3/h4-7,12,14-15,17-19H,8-10H2,1-3H3. The predicted molar refractivity (Wildman–Crippen MR) is 78.9 cm³/mol. The molecule has 0 spiro atoms. The molecule has 0 aliphatic heterocycles. The van der Waals surface area contributed by atoms with Gasteiger partial charge < -0.3 is 20.3 Å². The Morgan fingerprint density at radius 2 is 2.20 bits per heavy atom. The van der Waals surface area contributed by atoms with Crippen LogP contribution in [-0.2, 0) is 0 Å². The number of nitrogens with one attached hydrogen (secondary N) is 1. The van der Waals surface area contributed by atoms with E-state index in [1.165, 1.54) is 0 Å². The molecule has 0 saturated heterocycles. The van der Waals surface area contributed by atoms with E-state index in [-0.39, 0.29) is 24.2 Å². The average Bonchev–Trinajstić information content (AvgIpc) is 2.41. The van der Waals surface area contributed by atoms with Gasteiger partial charge in [-0.15, -0.1) is 0 Å². The highest BCUT2D eigenvalue weighted by molar-refractivity contribution is 5.27. The van der Waals surface area contributed by atoms with Gasteiger partial charge in [0.25, 0.3) is 0 Å². The van der Waals surface area contributed by atoms with E-state index in [1.54, 1.807) is 0 Å². The molecule has 0 radical (unpaired) electrons. The third-order valence-corrected chi connectivity index (χ3v) is 4.25. The Labute approximate surface area is 120 Å². The van der Waals surface area contributed by atoms with Crippen molar-refractivity contribution in [3.63, 3.8) is 0 Å². The van der Waals surface area contributed by atoms with Crippen LogP contribution in [-0.4, -0.2) is 41.6 Å². The molecule has 3 atom stereocenters. The lowest BCUT2D eigenvalue weighted by Crippen LogP contribution is -2.61. The molecule has 0 bridgehead atoms. The first kappa shape index (κ1) is 15.3. The number of hydrogen-bond acceptors (Lipinski definition) is 4. The molecule has 4 heteroatoms. The van der Waals surface area contributed by atoms with Gasteiger partial charge in [-0.3, -0.25) is 0 Å². The summed E-state index contributed by atoms with van der Waals surface area (Å²) in [6.45, 7) is 6.83. The Kier molecular flexibility index (Phi) is 4.68. The molecule has 0 amide bonds. The molecule has 2 rings (SSSR count). The van der Waals surface area contributed by atoms with Crippen LogP contribution in [0.15, 0.2) is 24.3 Å². The van der Waals surface area contributed by atoms with E-state index in [0.29, 0.717) is 6.54 Å². The summed E-state index contributed by atoms with van der Waals surface area (Å²) in [7, 11) is 0. The summed E-state index contributed by atoms with van der Waals surface area (Å²) in [5.74, 6) is 0.781. The summed E-state index contributed by atoms with van der Waals surface area (Å²) in [5, 5.41) is 22.9. The van der Waals surface area contributed by atoms with Crippen molar-refractivity contribution in [2.24, 2.45) is 5.41 Å². The largest absolute Gasteiger partial charge is 0.491 e. The molecule has 4 nitrogen and oxygen atoms in total. The smallest absolute Gasteiger partial charge is 0.119 e. The minimum Gasteiger partial charge on any atom is -0.491 e. The van der Waals surface area contributed by atoms with E-state index in [1.807, 2.05) is 45.0 Å². The van der Waals surface area contributed by atoms with Crippen molar-refractivity contribution < 1.29 is 14.9 Å². The quantitative estimate of drug-likeness (QED) is 0.738. The lowest BCUT2D eigenvalue weighted by atomic mass is 9.64. The van der Waals surface area contributed by atoms with Gasteiger partial charge in [-0.1, -0.05) is 26.0 Å². The van der Waals surface area contributed by atoms with Gasteiger partial charge in [0.1, 0.15) is 18.5 Å². The van der Waals surface area contributed by atoms with Crippen LogP contribution in [0.3, 0.4) is 0 Å². The second-order valence-corrected chi connectivity index (χ2v) is 6.32. The topological polar surface area (TPSA) is 61.7 Å². The van der Waals surface area contributed by atoms with Crippen LogP contribution in [0, 0.1) is 12.3 Å². The summed E-state index contributed by atoms with van der Waals surface area (Å²) >= 11 is 0. The molecular weight excluding hydrogens is 254 g/mol. The Balaban J connectivity index is 1.70. The fourth-order valence-electron chi connectivity index (χ4n) is 2.48. The van der Waals surface area contributed by atoms with E-state index in [4.69, 9.17) is 4.74 Å². The molecule has 112 valence electrons. The van der Waals surface area contributed by atoms with Crippen LogP contribution in [0.5, 0.6) is 5.75 Å². The highest BCUT2D eigenvalue weighted by Gasteiger charge is 2.46. The first-order chi connectivity index (χ1) is 9.39. The molecule has 1 aliphatic rings. The van der Waals surface area contributed by atoms with Crippen molar-refractivity contribution in [2.75, 3.05) is 13.2 Å². The van der Waals surface area contributed by atoms with Crippen LogP contribution in [0.4, 0.5) is 0 Å². The molecule has 0 heterocycles. The van der Waals surface area contributed by atoms with Gasteiger partial charge >= 0.3 is 0 Å². The molecule has 1 aromatic rings. The highest BCUT2D eigenvalue weighted by atomic mass is 16.5. The van der Waals surface area contributed by atoms with Crippen molar-refractivity contribution in [2.45, 2.75) is 45.4 Å². The molecule has 3 N–H and O–H groups in total. The minimum absolute atomic E-state index is 0.114. The Bertz CT molecular complexity index is 447. The second kappa shape index (κ2) is 6.12. The SMILES string of the molecule is Cc1cccc(OCC(O)CNC2CC(O)C2(C)C)c1. The molecule has 1 aromatic carbocycles. The normalized spacial score (nSPS) is 25.9. The third-order valence-electron chi connectivity index (χ3n) is 4.25. The molecule has 0 aromatic heterocycles. The molecule has 1 saturated carbocycles. The molecule has 20 heavy (non-hydrogen) atoms. The van der Waals surface area contributed by atoms with Crippen LogP contribution in [0.25, 0.3) is 0 Å². The first-order valence-electron chi connectivity index (χ1n) is 7.18. The second-order valence-electron chi connectivity index (χ2n) is 6.32. The Morgan fingerprint density at radius 1 is 1.45 bits per heavy atom. The summed E-state index contributed by atoms with van der Waals surface area (Å²) in [6, 6.07) is 8.04. The van der Waals surface area contributed by atoms with Crippen molar-refractivity contribution in [1.29, 1.82) is 0 Å². The lowest BCUT2D eigenvalue weighted by Gasteiger charge is -2.49. The predicted octanol–water partition coefficient (Wildman–Crippen LogP) is 1.48. The summed E-state index contributed by atoms with van der Waals surface area (Å²) in [4.78, 5) is 0. The summed E-state index contributed by atoms with van der Waals surface area (Å²) in [5.41, 5.74) is 1.03. The molecule has 1 fully saturated rings. The van der Waals surface area contributed by atoms with Gasteiger partial charge in [-0.2, -0.15) is 0 Å². The molecular formula is C16H25NO3. The van der Waals surface area contributed by atoms with Gasteiger partial charge in [0.15, 0.2) is 0 Å².